The molecule has 1 amide bonds. The van der Waals surface area contributed by atoms with Crippen LogP contribution in [0.3, 0.4) is 0 Å². The van der Waals surface area contributed by atoms with Crippen molar-refractivity contribution in [2.75, 3.05) is 11.1 Å². The maximum Gasteiger partial charge on any atom is 0.274 e. The number of halogens is 1. The van der Waals surface area contributed by atoms with Crippen LogP contribution in [0, 0.1) is 29.8 Å². The van der Waals surface area contributed by atoms with Crippen molar-refractivity contribution in [3.05, 3.63) is 87.7 Å². The van der Waals surface area contributed by atoms with Crippen molar-refractivity contribution >= 4 is 39.9 Å². The Labute approximate surface area is 193 Å². The summed E-state index contributed by atoms with van der Waals surface area (Å²) in [5.74, 6) is -0.182. The van der Waals surface area contributed by atoms with Crippen LogP contribution in [0.25, 0.3) is 22.3 Å². The lowest BCUT2D eigenvalue weighted by Gasteiger charge is -2.11. The van der Waals surface area contributed by atoms with Crippen molar-refractivity contribution in [1.29, 1.82) is 0 Å². The van der Waals surface area contributed by atoms with Crippen molar-refractivity contribution in [3.63, 3.8) is 0 Å². The molecule has 33 heavy (non-hydrogen) atoms. The molecule has 1 N–H and O–H groups in total. The molecule has 4 rings (SSSR count). The van der Waals surface area contributed by atoms with E-state index in [9.17, 15) is 19.3 Å². The zero-order valence-corrected chi connectivity index (χ0v) is 18.6. The molecule has 7 nitrogen and oxygen atoms in total. The molecule has 166 valence electrons. The molecule has 0 bridgehead atoms. The number of rotatable bonds is 6. The summed E-state index contributed by atoms with van der Waals surface area (Å²) in [6.07, 6.45) is 0. The predicted molar refractivity (Wildman–Crippen MR) is 127 cm³/mol. The van der Waals surface area contributed by atoms with Gasteiger partial charge in [-0.1, -0.05) is 36.0 Å². The lowest BCUT2D eigenvalue weighted by molar-refractivity contribution is -0.385. The Balaban J connectivity index is 1.60. The molecule has 0 aliphatic rings. The Morgan fingerprint density at radius 1 is 1.06 bits per heavy atom. The van der Waals surface area contributed by atoms with Gasteiger partial charge in [0.1, 0.15) is 10.8 Å². The molecule has 0 aliphatic heterocycles. The minimum absolute atomic E-state index is 0.0462. The molecule has 0 spiro atoms. The Morgan fingerprint density at radius 2 is 1.82 bits per heavy atom. The average Bonchev–Trinajstić information content (AvgIpc) is 2.79. The van der Waals surface area contributed by atoms with Gasteiger partial charge >= 0.3 is 0 Å². The number of benzene rings is 3. The number of hydrogen-bond donors (Lipinski definition) is 1. The highest BCUT2D eigenvalue weighted by atomic mass is 32.2. The highest BCUT2D eigenvalue weighted by Crippen LogP contribution is 2.30. The molecule has 0 atom stereocenters. The van der Waals surface area contributed by atoms with Crippen LogP contribution in [-0.4, -0.2) is 26.6 Å². The number of hydrogen-bond acceptors (Lipinski definition) is 6. The first kappa shape index (κ1) is 22.3. The van der Waals surface area contributed by atoms with Gasteiger partial charge in [-0.3, -0.25) is 14.9 Å². The lowest BCUT2D eigenvalue weighted by atomic mass is 10.1. The first-order chi connectivity index (χ1) is 15.8. The number of amides is 1. The summed E-state index contributed by atoms with van der Waals surface area (Å²) in [5.41, 5.74) is 3.19. The molecule has 1 aromatic heterocycles. The molecule has 0 aliphatic carbocycles. The van der Waals surface area contributed by atoms with Crippen LogP contribution in [-0.2, 0) is 4.79 Å². The Kier molecular flexibility index (Phi) is 6.32. The Morgan fingerprint density at radius 3 is 2.55 bits per heavy atom. The summed E-state index contributed by atoms with van der Waals surface area (Å²) in [6.45, 7) is 3.58. The molecule has 1 heterocycles. The quantitative estimate of drug-likeness (QED) is 0.171. The van der Waals surface area contributed by atoms with Crippen LogP contribution < -0.4 is 5.32 Å². The second kappa shape index (κ2) is 9.33. The fourth-order valence-electron chi connectivity index (χ4n) is 3.32. The van der Waals surface area contributed by atoms with Gasteiger partial charge in [0.15, 0.2) is 5.82 Å². The lowest BCUT2D eigenvalue weighted by Crippen LogP contribution is -2.14. The fourth-order valence-corrected chi connectivity index (χ4v) is 4.13. The van der Waals surface area contributed by atoms with Crippen molar-refractivity contribution < 1.29 is 14.1 Å². The molecule has 0 unspecified atom stereocenters. The molecule has 0 radical (unpaired) electrons. The van der Waals surface area contributed by atoms with Crippen LogP contribution in [0.1, 0.15) is 11.1 Å². The number of anilines is 1. The molecular formula is C24H19FN4O3S. The van der Waals surface area contributed by atoms with Gasteiger partial charge < -0.3 is 5.32 Å². The number of para-hydroxylation sites is 1. The van der Waals surface area contributed by atoms with E-state index in [-0.39, 0.29) is 23.2 Å². The number of carbonyl (C=O) groups excluding carboxylic acids is 1. The van der Waals surface area contributed by atoms with E-state index in [0.29, 0.717) is 27.7 Å². The van der Waals surface area contributed by atoms with Crippen LogP contribution in [0.5, 0.6) is 0 Å². The summed E-state index contributed by atoms with van der Waals surface area (Å²) in [6, 6.07) is 16.2. The maximum atomic E-state index is 13.4. The van der Waals surface area contributed by atoms with Crippen LogP contribution >= 0.6 is 11.8 Å². The molecule has 9 heteroatoms. The van der Waals surface area contributed by atoms with E-state index < -0.39 is 4.92 Å². The van der Waals surface area contributed by atoms with Crippen molar-refractivity contribution in [2.24, 2.45) is 0 Å². The fraction of sp³-hybridized carbons (Fsp3) is 0.125. The molecule has 4 aromatic rings. The minimum atomic E-state index is -0.480. The number of nitrogens with zero attached hydrogens (tertiary/aromatic N) is 3. The van der Waals surface area contributed by atoms with Crippen molar-refractivity contribution in [3.8, 4) is 11.4 Å². The highest BCUT2D eigenvalue weighted by molar-refractivity contribution is 8.00. The molecule has 0 saturated carbocycles. The number of nitrogens with one attached hydrogen (secondary N) is 1. The van der Waals surface area contributed by atoms with Gasteiger partial charge in [-0.2, -0.15) is 0 Å². The largest absolute Gasteiger partial charge is 0.325 e. The van der Waals surface area contributed by atoms with Gasteiger partial charge in [0, 0.05) is 28.3 Å². The monoisotopic (exact) mass is 462 g/mol. The molecular weight excluding hydrogens is 443 g/mol. The third-order valence-electron chi connectivity index (χ3n) is 5.03. The Hall–Kier alpha value is -3.85. The SMILES string of the molecule is Cc1ccc(NC(=O)CSc2nc(-c3ccc(F)cc3)nc3c(C)cccc23)cc1[N+](=O)[O-]. The smallest absolute Gasteiger partial charge is 0.274 e. The van der Waals surface area contributed by atoms with E-state index in [1.54, 1.807) is 31.2 Å². The number of fused-ring (bicyclic) bond motifs is 1. The number of carbonyl (C=O) groups is 1. The highest BCUT2D eigenvalue weighted by Gasteiger charge is 2.15. The van der Waals surface area contributed by atoms with Crippen LogP contribution in [0.15, 0.2) is 65.7 Å². The number of aromatic nitrogens is 2. The zero-order chi connectivity index (χ0) is 23.5. The van der Waals surface area contributed by atoms with Gasteiger partial charge in [-0.05, 0) is 49.7 Å². The first-order valence-electron chi connectivity index (χ1n) is 10.0. The van der Waals surface area contributed by atoms with E-state index >= 15 is 0 Å². The maximum absolute atomic E-state index is 13.4. The van der Waals surface area contributed by atoms with Crippen LogP contribution in [0.4, 0.5) is 15.8 Å². The number of thioether (sulfide) groups is 1. The second-order valence-corrected chi connectivity index (χ2v) is 8.39. The van der Waals surface area contributed by atoms with E-state index in [4.69, 9.17) is 0 Å². The van der Waals surface area contributed by atoms with Gasteiger partial charge in [0.25, 0.3) is 5.69 Å². The summed E-state index contributed by atoms with van der Waals surface area (Å²) in [5, 5.41) is 15.3. The van der Waals surface area contributed by atoms with E-state index in [2.05, 4.69) is 15.3 Å². The van der Waals surface area contributed by atoms with E-state index in [0.717, 1.165) is 16.5 Å². The summed E-state index contributed by atoms with van der Waals surface area (Å²) in [7, 11) is 0. The second-order valence-electron chi connectivity index (χ2n) is 7.43. The summed E-state index contributed by atoms with van der Waals surface area (Å²) < 4.78 is 13.4. The molecule has 3 aromatic carbocycles. The molecule has 0 fully saturated rings. The van der Waals surface area contributed by atoms with E-state index in [1.165, 1.54) is 30.0 Å². The number of nitro benzene ring substituents is 1. The van der Waals surface area contributed by atoms with E-state index in [1.807, 2.05) is 25.1 Å². The Bertz CT molecular complexity index is 1380. The van der Waals surface area contributed by atoms with Gasteiger partial charge in [-0.15, -0.1) is 0 Å². The van der Waals surface area contributed by atoms with Crippen molar-refractivity contribution in [2.45, 2.75) is 18.9 Å². The minimum Gasteiger partial charge on any atom is -0.325 e. The number of nitro groups is 1. The van der Waals surface area contributed by atoms with Crippen LogP contribution in [0.2, 0.25) is 0 Å². The first-order valence-corrected chi connectivity index (χ1v) is 11.0. The standard InChI is InChI=1S/C24H19FN4O3S/c1-14-6-11-18(12-20(14)29(31)32)26-21(30)13-33-24-19-5-3-4-15(2)22(19)27-23(28-24)16-7-9-17(25)10-8-16/h3-12H,13H2,1-2H3,(H,26,30). The third-order valence-corrected chi connectivity index (χ3v) is 6.02. The summed E-state index contributed by atoms with van der Waals surface area (Å²) in [4.78, 5) is 32.5. The number of aryl methyl sites for hydroxylation is 2. The van der Waals surface area contributed by atoms with Gasteiger partial charge in [-0.25, -0.2) is 14.4 Å². The van der Waals surface area contributed by atoms with Gasteiger partial charge in [0.2, 0.25) is 5.91 Å². The normalized spacial score (nSPS) is 10.9. The topological polar surface area (TPSA) is 98.0 Å². The molecule has 0 saturated heterocycles. The summed E-state index contributed by atoms with van der Waals surface area (Å²) >= 11 is 1.24. The van der Waals surface area contributed by atoms with Gasteiger partial charge in [0.05, 0.1) is 16.2 Å². The third kappa shape index (κ3) is 4.98. The predicted octanol–water partition coefficient (Wildman–Crippen LogP) is 5.69. The zero-order valence-electron chi connectivity index (χ0n) is 17.8. The van der Waals surface area contributed by atoms with Crippen molar-refractivity contribution in [1.82, 2.24) is 9.97 Å². The average molecular weight is 463 g/mol.